The molecule has 26 heavy (non-hydrogen) atoms. The monoisotopic (exact) mass is 384 g/mol. The maximum atomic E-state index is 12.1. The van der Waals surface area contributed by atoms with Gasteiger partial charge in [0.1, 0.15) is 6.23 Å². The lowest BCUT2D eigenvalue weighted by Crippen LogP contribution is -2.34. The highest BCUT2D eigenvalue weighted by atomic mass is 31.2. The smallest absolute Gasteiger partial charge is 0.330 e. The van der Waals surface area contributed by atoms with Crippen molar-refractivity contribution in [1.82, 2.24) is 19.5 Å². The number of hydrogen-bond acceptors (Lipinski definition) is 7. The molecule has 0 saturated carbocycles. The van der Waals surface area contributed by atoms with Crippen LogP contribution in [0.3, 0.4) is 0 Å². The molecule has 0 amide bonds. The van der Waals surface area contributed by atoms with Crippen LogP contribution in [-0.2, 0) is 11.2 Å². The molecule has 2 unspecified atom stereocenters. The summed E-state index contributed by atoms with van der Waals surface area (Å²) in [6, 6.07) is 0. The zero-order valence-electron chi connectivity index (χ0n) is 14.1. The van der Waals surface area contributed by atoms with Crippen LogP contribution in [0.4, 0.5) is 0 Å². The second-order valence-corrected chi connectivity index (χ2v) is 6.38. The molecule has 1 aliphatic heterocycles. The molecule has 0 aliphatic carbocycles. The summed E-state index contributed by atoms with van der Waals surface area (Å²) in [5.74, 6) is 1.28. The van der Waals surface area contributed by atoms with Crippen molar-refractivity contribution in [2.75, 3.05) is 7.11 Å². The Bertz CT molecular complexity index is 829. The minimum absolute atomic E-state index is 0.297. The van der Waals surface area contributed by atoms with Gasteiger partial charge in [-0.3, -0.25) is 14.3 Å². The molecule has 3 heterocycles. The van der Waals surface area contributed by atoms with Crippen molar-refractivity contribution >= 4 is 8.38 Å². The van der Waals surface area contributed by atoms with E-state index >= 15 is 0 Å². The van der Waals surface area contributed by atoms with Crippen LogP contribution in [0.25, 0.3) is 0 Å². The number of nitrogens with one attached hydrogen (secondary N) is 2. The van der Waals surface area contributed by atoms with E-state index in [-0.39, 0.29) is 6.10 Å². The molecule has 1 fully saturated rings. The van der Waals surface area contributed by atoms with Gasteiger partial charge in [-0.25, -0.2) is 9.78 Å². The summed E-state index contributed by atoms with van der Waals surface area (Å²) in [6.45, 7) is 0. The molecule has 3 rings (SSSR count). The van der Waals surface area contributed by atoms with Gasteiger partial charge in [0.05, 0.1) is 12.4 Å². The van der Waals surface area contributed by atoms with Gasteiger partial charge in [-0.2, -0.15) is 0 Å². The maximum Gasteiger partial charge on any atom is 0.330 e. The number of hydrogen-bond donors (Lipinski definition) is 5. The predicted octanol–water partition coefficient (Wildman–Crippen LogP) is -0.0532. The standard InChI is InChI=1S/C14H17N4O5P.CH4O/c19-13-9(5-10-6-15-8-16-10)7-18(14(20)17-13)12-2-1-11(23-12)3-4-24(21)22;1-2/h3-4,6-8,11-12,21-22H,1-2,5H2,(H,15,16)(H,17,19,20);2H,1H3/b4-3+;. The number of rotatable bonds is 5. The maximum absolute atomic E-state index is 12.1. The number of aliphatic hydroxyl groups is 1. The molecule has 0 spiro atoms. The number of ether oxygens (including phenoxy) is 1. The lowest BCUT2D eigenvalue weighted by Gasteiger charge is -2.15. The first-order valence-electron chi connectivity index (χ1n) is 7.80. The highest BCUT2D eigenvalue weighted by Gasteiger charge is 2.26. The summed E-state index contributed by atoms with van der Waals surface area (Å²) in [7, 11) is -1.11. The Morgan fingerprint density at radius 1 is 1.38 bits per heavy atom. The Morgan fingerprint density at radius 3 is 2.81 bits per heavy atom. The Morgan fingerprint density at radius 2 is 2.15 bits per heavy atom. The first-order chi connectivity index (χ1) is 12.5. The third-order valence-corrected chi connectivity index (χ3v) is 4.19. The number of aromatic amines is 2. The molecule has 0 aromatic carbocycles. The summed E-state index contributed by atoms with van der Waals surface area (Å²) in [6.07, 6.45) is 6.97. The van der Waals surface area contributed by atoms with Crippen LogP contribution in [0.2, 0.25) is 0 Å². The van der Waals surface area contributed by atoms with E-state index in [4.69, 9.17) is 19.6 Å². The number of aromatic nitrogens is 4. The SMILES string of the molecule is CO.O=c1[nH]c(=O)n(C2CCC(/C=C/P(O)O)O2)cc1Cc1cnc[nH]1. The van der Waals surface area contributed by atoms with E-state index in [0.717, 1.165) is 12.8 Å². The van der Waals surface area contributed by atoms with Crippen LogP contribution in [0.15, 0.2) is 40.2 Å². The molecule has 2 aromatic heterocycles. The summed E-state index contributed by atoms with van der Waals surface area (Å²) in [4.78, 5) is 51.0. The molecule has 1 saturated heterocycles. The van der Waals surface area contributed by atoms with Crippen molar-refractivity contribution in [3.63, 3.8) is 0 Å². The van der Waals surface area contributed by atoms with Gasteiger partial charge in [-0.05, 0) is 18.7 Å². The lowest BCUT2D eigenvalue weighted by atomic mass is 10.2. The third-order valence-electron chi connectivity index (χ3n) is 3.75. The zero-order valence-corrected chi connectivity index (χ0v) is 15.0. The van der Waals surface area contributed by atoms with Crippen LogP contribution in [0.1, 0.15) is 30.3 Å². The Balaban J connectivity index is 0.00000117. The molecule has 142 valence electrons. The van der Waals surface area contributed by atoms with Crippen LogP contribution in [0, 0.1) is 0 Å². The van der Waals surface area contributed by atoms with Crippen molar-refractivity contribution in [3.8, 4) is 0 Å². The van der Waals surface area contributed by atoms with E-state index in [1.165, 1.54) is 22.9 Å². The normalized spacial score (nSPS) is 19.7. The first-order valence-corrected chi connectivity index (χ1v) is 9.11. The number of aliphatic hydroxyl groups excluding tert-OH is 1. The minimum atomic E-state index is -2.11. The van der Waals surface area contributed by atoms with Crippen LogP contribution < -0.4 is 11.2 Å². The second kappa shape index (κ2) is 9.56. The van der Waals surface area contributed by atoms with Gasteiger partial charge in [-0.1, -0.05) is 6.08 Å². The second-order valence-electron chi connectivity index (χ2n) is 5.44. The van der Waals surface area contributed by atoms with Crippen molar-refractivity contribution in [2.45, 2.75) is 31.6 Å². The summed E-state index contributed by atoms with van der Waals surface area (Å²) >= 11 is 0. The van der Waals surface area contributed by atoms with Crippen LogP contribution >= 0.6 is 8.38 Å². The molecule has 11 heteroatoms. The minimum Gasteiger partial charge on any atom is -0.400 e. The van der Waals surface area contributed by atoms with Gasteiger partial charge in [0.2, 0.25) is 0 Å². The molecule has 0 radical (unpaired) electrons. The molecule has 10 nitrogen and oxygen atoms in total. The number of H-pyrrole nitrogens is 2. The van der Waals surface area contributed by atoms with E-state index in [2.05, 4.69) is 15.0 Å². The Kier molecular flexibility index (Phi) is 7.43. The van der Waals surface area contributed by atoms with Crippen LogP contribution in [-0.4, -0.2) is 47.6 Å². The van der Waals surface area contributed by atoms with E-state index < -0.39 is 25.9 Å². The molecular formula is C15H21N4O6P. The fraction of sp³-hybridized carbons (Fsp3) is 0.400. The van der Waals surface area contributed by atoms with Gasteiger partial charge in [0.15, 0.2) is 8.38 Å². The van der Waals surface area contributed by atoms with Gasteiger partial charge < -0.3 is 24.6 Å². The van der Waals surface area contributed by atoms with Crippen molar-refractivity contribution < 1.29 is 19.6 Å². The largest absolute Gasteiger partial charge is 0.400 e. The fourth-order valence-electron chi connectivity index (χ4n) is 2.62. The quantitative estimate of drug-likeness (QED) is 0.453. The highest BCUT2D eigenvalue weighted by Crippen LogP contribution is 2.31. The van der Waals surface area contributed by atoms with E-state index in [9.17, 15) is 9.59 Å². The number of imidazole rings is 1. The van der Waals surface area contributed by atoms with Gasteiger partial charge >= 0.3 is 5.69 Å². The van der Waals surface area contributed by atoms with Crippen molar-refractivity contribution in [1.29, 1.82) is 0 Å². The zero-order chi connectivity index (χ0) is 19.1. The topological polar surface area (TPSA) is 153 Å². The summed E-state index contributed by atoms with van der Waals surface area (Å²) < 4.78 is 7.09. The highest BCUT2D eigenvalue weighted by molar-refractivity contribution is 7.48. The molecular weight excluding hydrogens is 363 g/mol. The van der Waals surface area contributed by atoms with Gasteiger partial charge in [0, 0.05) is 37.2 Å². The molecule has 5 N–H and O–H groups in total. The first kappa shape index (κ1) is 20.2. The Labute approximate surface area is 149 Å². The van der Waals surface area contributed by atoms with Crippen molar-refractivity contribution in [2.24, 2.45) is 0 Å². The van der Waals surface area contributed by atoms with Gasteiger partial charge in [0.25, 0.3) is 5.56 Å². The van der Waals surface area contributed by atoms with Gasteiger partial charge in [-0.15, -0.1) is 0 Å². The summed E-state index contributed by atoms with van der Waals surface area (Å²) in [5, 5.41) is 7.00. The fourth-order valence-corrected chi connectivity index (χ4v) is 2.96. The third kappa shape index (κ3) is 5.20. The molecule has 2 atom stereocenters. The predicted molar refractivity (Wildman–Crippen MR) is 94.5 cm³/mol. The average molecular weight is 384 g/mol. The van der Waals surface area contributed by atoms with Crippen LogP contribution in [0.5, 0.6) is 0 Å². The molecule has 2 aromatic rings. The van der Waals surface area contributed by atoms with E-state index in [1.807, 2.05) is 0 Å². The van der Waals surface area contributed by atoms with E-state index in [1.54, 1.807) is 12.3 Å². The average Bonchev–Trinajstić information content (AvgIpc) is 3.29. The Hall–Kier alpha value is -2.10. The molecule has 0 bridgehead atoms. The molecule has 1 aliphatic rings. The van der Waals surface area contributed by atoms with E-state index in [0.29, 0.717) is 24.8 Å². The summed E-state index contributed by atoms with van der Waals surface area (Å²) in [5.41, 5.74) is 0.217. The van der Waals surface area contributed by atoms with Crippen molar-refractivity contribution in [3.05, 3.63) is 62.7 Å². The lowest BCUT2D eigenvalue weighted by molar-refractivity contribution is 0.0201. The number of nitrogens with zero attached hydrogens (tertiary/aromatic N) is 2.